The summed E-state index contributed by atoms with van der Waals surface area (Å²) >= 11 is 0. The van der Waals surface area contributed by atoms with Gasteiger partial charge < -0.3 is 15.4 Å². The summed E-state index contributed by atoms with van der Waals surface area (Å²) in [5.41, 5.74) is 2.61. The van der Waals surface area contributed by atoms with Crippen LogP contribution in [0, 0.1) is 0 Å². The zero-order valence-corrected chi connectivity index (χ0v) is 13.3. The van der Waals surface area contributed by atoms with Crippen molar-refractivity contribution < 1.29 is 9.53 Å². The Bertz CT molecular complexity index is 856. The van der Waals surface area contributed by atoms with Crippen LogP contribution in [-0.2, 0) is 11.2 Å². The fourth-order valence-corrected chi connectivity index (χ4v) is 2.68. The van der Waals surface area contributed by atoms with Crippen LogP contribution in [0.3, 0.4) is 0 Å². The molecule has 0 saturated carbocycles. The number of ether oxygens (including phenoxy) is 1. The van der Waals surface area contributed by atoms with E-state index in [4.69, 9.17) is 4.74 Å². The van der Waals surface area contributed by atoms with Gasteiger partial charge in [-0.2, -0.15) is 0 Å². The average molecular weight is 332 g/mol. The van der Waals surface area contributed by atoms with Crippen LogP contribution in [0.4, 0.5) is 17.3 Å². The SMILES string of the molecule is O=C(Nc1ccc(Nc2ncccn2)cc1)C1Cc2ccccc2O1. The molecule has 0 bridgehead atoms. The lowest BCUT2D eigenvalue weighted by Crippen LogP contribution is -2.31. The van der Waals surface area contributed by atoms with Gasteiger partial charge >= 0.3 is 0 Å². The average Bonchev–Trinajstić information content (AvgIpc) is 3.09. The Balaban J connectivity index is 1.38. The molecule has 25 heavy (non-hydrogen) atoms. The van der Waals surface area contributed by atoms with Gasteiger partial charge in [0.25, 0.3) is 5.91 Å². The lowest BCUT2D eigenvalue weighted by molar-refractivity contribution is -0.122. The first-order valence-electron chi connectivity index (χ1n) is 7.97. The number of hydrogen-bond acceptors (Lipinski definition) is 5. The number of para-hydroxylation sites is 1. The maximum Gasteiger partial charge on any atom is 0.265 e. The Hall–Kier alpha value is -3.41. The van der Waals surface area contributed by atoms with Gasteiger partial charge in [-0.25, -0.2) is 9.97 Å². The van der Waals surface area contributed by atoms with Crippen LogP contribution in [0.5, 0.6) is 5.75 Å². The third-order valence-corrected chi connectivity index (χ3v) is 3.91. The molecule has 3 aromatic rings. The highest BCUT2D eigenvalue weighted by Gasteiger charge is 2.28. The van der Waals surface area contributed by atoms with Crippen molar-refractivity contribution >= 4 is 23.2 Å². The molecule has 0 aliphatic carbocycles. The molecular formula is C19H16N4O2. The number of carbonyl (C=O) groups is 1. The van der Waals surface area contributed by atoms with Gasteiger partial charge in [0.05, 0.1) is 0 Å². The zero-order chi connectivity index (χ0) is 17.1. The first-order chi connectivity index (χ1) is 12.3. The van der Waals surface area contributed by atoms with Crippen molar-refractivity contribution in [1.82, 2.24) is 9.97 Å². The second kappa shape index (κ2) is 6.60. The minimum absolute atomic E-state index is 0.150. The first kappa shape index (κ1) is 15.1. The summed E-state index contributed by atoms with van der Waals surface area (Å²) in [4.78, 5) is 20.6. The predicted molar refractivity (Wildman–Crippen MR) is 94.9 cm³/mol. The Morgan fingerprint density at radius 3 is 2.44 bits per heavy atom. The number of fused-ring (bicyclic) bond motifs is 1. The van der Waals surface area contributed by atoms with Crippen LogP contribution in [0.15, 0.2) is 67.0 Å². The number of benzene rings is 2. The van der Waals surface area contributed by atoms with E-state index in [1.165, 1.54) is 0 Å². The van der Waals surface area contributed by atoms with E-state index in [1.54, 1.807) is 18.5 Å². The van der Waals surface area contributed by atoms with E-state index < -0.39 is 6.10 Å². The van der Waals surface area contributed by atoms with Gasteiger partial charge in [0.1, 0.15) is 5.75 Å². The Morgan fingerprint density at radius 1 is 0.960 bits per heavy atom. The van der Waals surface area contributed by atoms with Crippen LogP contribution in [0.25, 0.3) is 0 Å². The second-order valence-corrected chi connectivity index (χ2v) is 5.68. The van der Waals surface area contributed by atoms with Gasteiger partial charge in [0.15, 0.2) is 6.10 Å². The zero-order valence-electron chi connectivity index (χ0n) is 13.3. The fraction of sp³-hybridized carbons (Fsp3) is 0.105. The van der Waals surface area contributed by atoms with Gasteiger partial charge in [-0.15, -0.1) is 0 Å². The third-order valence-electron chi connectivity index (χ3n) is 3.91. The Kier molecular flexibility index (Phi) is 4.00. The van der Waals surface area contributed by atoms with Crippen LogP contribution < -0.4 is 15.4 Å². The largest absolute Gasteiger partial charge is 0.480 e. The van der Waals surface area contributed by atoms with Gasteiger partial charge in [0, 0.05) is 30.2 Å². The van der Waals surface area contributed by atoms with Crippen molar-refractivity contribution in [2.24, 2.45) is 0 Å². The summed E-state index contributed by atoms with van der Waals surface area (Å²) in [6, 6.07) is 16.8. The number of hydrogen-bond donors (Lipinski definition) is 2. The van der Waals surface area contributed by atoms with Crippen LogP contribution in [-0.4, -0.2) is 22.0 Å². The molecular weight excluding hydrogens is 316 g/mol. The maximum absolute atomic E-state index is 12.4. The molecule has 1 aliphatic heterocycles. The molecule has 0 spiro atoms. The molecule has 0 radical (unpaired) electrons. The Morgan fingerprint density at radius 2 is 1.68 bits per heavy atom. The number of nitrogens with one attached hydrogen (secondary N) is 2. The number of aromatic nitrogens is 2. The van der Waals surface area contributed by atoms with Crippen molar-refractivity contribution in [3.05, 3.63) is 72.6 Å². The maximum atomic E-state index is 12.4. The number of nitrogens with zero attached hydrogens (tertiary/aromatic N) is 2. The van der Waals surface area contributed by atoms with Crippen molar-refractivity contribution in [3.8, 4) is 5.75 Å². The molecule has 2 aromatic carbocycles. The highest BCUT2D eigenvalue weighted by atomic mass is 16.5. The summed E-state index contributed by atoms with van der Waals surface area (Å²) in [6.07, 6.45) is 3.44. The van der Waals surface area contributed by atoms with Crippen LogP contribution >= 0.6 is 0 Å². The summed E-state index contributed by atoms with van der Waals surface area (Å²) in [6.45, 7) is 0. The standard InChI is InChI=1S/C19H16N4O2/c24-18(17-12-13-4-1-2-5-16(13)25-17)22-14-6-8-15(9-7-14)23-19-20-10-3-11-21-19/h1-11,17H,12H2,(H,22,24)(H,20,21,23). The minimum Gasteiger partial charge on any atom is -0.480 e. The summed E-state index contributed by atoms with van der Waals surface area (Å²) in [5.74, 6) is 1.16. The number of amides is 1. The van der Waals surface area contributed by atoms with E-state index in [-0.39, 0.29) is 5.91 Å². The topological polar surface area (TPSA) is 76.1 Å². The molecule has 6 nitrogen and oxygen atoms in total. The van der Waals surface area contributed by atoms with E-state index in [9.17, 15) is 4.79 Å². The quantitative estimate of drug-likeness (QED) is 0.767. The molecule has 1 aromatic heterocycles. The van der Waals surface area contributed by atoms with Crippen LogP contribution in [0.1, 0.15) is 5.56 Å². The highest BCUT2D eigenvalue weighted by molar-refractivity contribution is 5.95. The molecule has 2 heterocycles. The molecule has 4 rings (SSSR count). The number of carbonyl (C=O) groups excluding carboxylic acids is 1. The summed E-state index contributed by atoms with van der Waals surface area (Å²) in [5, 5.41) is 5.98. The van der Waals surface area contributed by atoms with Crippen molar-refractivity contribution in [2.75, 3.05) is 10.6 Å². The van der Waals surface area contributed by atoms with Gasteiger partial charge in [0.2, 0.25) is 5.95 Å². The molecule has 6 heteroatoms. The molecule has 1 unspecified atom stereocenters. The van der Waals surface area contributed by atoms with Crippen LogP contribution in [0.2, 0.25) is 0 Å². The Labute approximate surface area is 144 Å². The van der Waals surface area contributed by atoms with Crippen molar-refractivity contribution in [2.45, 2.75) is 12.5 Å². The number of anilines is 3. The van der Waals surface area contributed by atoms with E-state index in [0.717, 1.165) is 17.0 Å². The van der Waals surface area contributed by atoms with Crippen molar-refractivity contribution in [1.29, 1.82) is 0 Å². The third kappa shape index (κ3) is 3.42. The fourth-order valence-electron chi connectivity index (χ4n) is 2.68. The van der Waals surface area contributed by atoms with E-state index in [1.807, 2.05) is 48.5 Å². The first-order valence-corrected chi connectivity index (χ1v) is 7.97. The second-order valence-electron chi connectivity index (χ2n) is 5.68. The molecule has 2 N–H and O–H groups in total. The normalized spacial score (nSPS) is 15.1. The van der Waals surface area contributed by atoms with Gasteiger partial charge in [-0.05, 0) is 42.0 Å². The molecule has 1 atom stereocenters. The number of rotatable bonds is 4. The van der Waals surface area contributed by atoms with E-state index in [0.29, 0.717) is 18.1 Å². The molecule has 0 saturated heterocycles. The minimum atomic E-state index is -0.493. The van der Waals surface area contributed by atoms with Gasteiger partial charge in [-0.1, -0.05) is 18.2 Å². The lowest BCUT2D eigenvalue weighted by atomic mass is 10.1. The van der Waals surface area contributed by atoms with Gasteiger partial charge in [-0.3, -0.25) is 4.79 Å². The molecule has 1 amide bonds. The smallest absolute Gasteiger partial charge is 0.265 e. The summed E-state index contributed by atoms with van der Waals surface area (Å²) < 4.78 is 5.70. The molecule has 1 aliphatic rings. The molecule has 0 fully saturated rings. The highest BCUT2D eigenvalue weighted by Crippen LogP contribution is 2.28. The molecule has 124 valence electrons. The predicted octanol–water partition coefficient (Wildman–Crippen LogP) is 3.16. The van der Waals surface area contributed by atoms with E-state index in [2.05, 4.69) is 20.6 Å². The lowest BCUT2D eigenvalue weighted by Gasteiger charge is -2.12. The van der Waals surface area contributed by atoms with E-state index >= 15 is 0 Å². The van der Waals surface area contributed by atoms with Crippen molar-refractivity contribution in [3.63, 3.8) is 0 Å². The monoisotopic (exact) mass is 332 g/mol. The summed E-state index contributed by atoms with van der Waals surface area (Å²) in [7, 11) is 0.